The minimum absolute atomic E-state index is 0.135. The second kappa shape index (κ2) is 8.63. The summed E-state index contributed by atoms with van der Waals surface area (Å²) >= 11 is 3.53. The first-order valence-electron chi connectivity index (χ1n) is 11.6. The topological polar surface area (TPSA) is 101 Å². The number of halogens is 1. The number of carbonyl (C=O) groups excluding carboxylic acids is 2. The van der Waals surface area contributed by atoms with Gasteiger partial charge in [-0.25, -0.2) is 9.97 Å². The summed E-state index contributed by atoms with van der Waals surface area (Å²) in [6, 6.07) is 19.9. The van der Waals surface area contributed by atoms with Crippen molar-refractivity contribution in [3.8, 4) is 5.75 Å². The molecule has 1 aliphatic heterocycles. The summed E-state index contributed by atoms with van der Waals surface area (Å²) in [5.41, 5.74) is 5.77. The molecule has 8 nitrogen and oxygen atoms in total. The Balaban J connectivity index is 1.42. The van der Waals surface area contributed by atoms with Crippen molar-refractivity contribution in [1.29, 1.82) is 0 Å². The number of amides is 2. The fraction of sp³-hybridized carbons (Fsp3) is 0.107. The number of hydrogen-bond acceptors (Lipinski definition) is 6. The maximum absolute atomic E-state index is 13.5. The number of hydrogen-bond donors (Lipinski definition) is 1. The number of hydrazone groups is 1. The zero-order valence-corrected chi connectivity index (χ0v) is 21.5. The highest BCUT2D eigenvalue weighted by molar-refractivity contribution is 9.10. The van der Waals surface area contributed by atoms with Crippen LogP contribution in [-0.2, 0) is 16.1 Å². The SMILES string of the molecule is CC1=NN(C(=O)Cn2c3ccc(Br)cc3c3nc4ccccc4nc32)C(=O)/C1=C(/C)c1ccc(O)cc1. The number of imide groups is 1. The molecule has 9 heteroatoms. The minimum Gasteiger partial charge on any atom is -0.508 e. The molecule has 182 valence electrons. The fourth-order valence-corrected chi connectivity index (χ4v) is 5.09. The third-order valence-electron chi connectivity index (χ3n) is 6.54. The van der Waals surface area contributed by atoms with E-state index in [0.717, 1.165) is 31.5 Å². The van der Waals surface area contributed by atoms with Gasteiger partial charge in [-0.15, -0.1) is 0 Å². The van der Waals surface area contributed by atoms with Crippen molar-refractivity contribution in [3.05, 3.63) is 82.3 Å². The van der Waals surface area contributed by atoms with Crippen LogP contribution in [-0.4, -0.2) is 42.2 Å². The largest absolute Gasteiger partial charge is 0.508 e. The average molecular weight is 554 g/mol. The molecule has 37 heavy (non-hydrogen) atoms. The number of aromatic nitrogens is 3. The number of benzene rings is 3. The molecule has 0 spiro atoms. The van der Waals surface area contributed by atoms with Gasteiger partial charge >= 0.3 is 0 Å². The molecule has 1 aliphatic rings. The number of phenolic OH excluding ortho intramolecular Hbond substituents is 1. The third-order valence-corrected chi connectivity index (χ3v) is 7.03. The second-order valence-corrected chi connectivity index (χ2v) is 9.79. The predicted molar refractivity (Wildman–Crippen MR) is 146 cm³/mol. The van der Waals surface area contributed by atoms with E-state index < -0.39 is 11.8 Å². The number of carbonyl (C=O) groups is 2. The van der Waals surface area contributed by atoms with E-state index in [4.69, 9.17) is 9.97 Å². The summed E-state index contributed by atoms with van der Waals surface area (Å²) in [6.45, 7) is 3.38. The average Bonchev–Trinajstić information content (AvgIpc) is 3.35. The smallest absolute Gasteiger partial charge is 0.283 e. The van der Waals surface area contributed by atoms with Crippen LogP contribution < -0.4 is 0 Å². The van der Waals surface area contributed by atoms with E-state index in [1.165, 1.54) is 0 Å². The standard InChI is InChI=1S/C28H20BrN5O3/c1-15(17-7-10-19(35)11-8-17)25-16(2)32-34(28(25)37)24(36)14-33-23-12-9-18(29)13-20(23)26-27(33)31-22-6-4-3-5-21(22)30-26/h3-13,35H,14H2,1-2H3/b25-15-. The first kappa shape index (κ1) is 23.1. The van der Waals surface area contributed by atoms with Gasteiger partial charge in [0.1, 0.15) is 17.8 Å². The van der Waals surface area contributed by atoms with Gasteiger partial charge in [-0.05, 0) is 67.4 Å². The molecule has 0 radical (unpaired) electrons. The summed E-state index contributed by atoms with van der Waals surface area (Å²) < 4.78 is 2.67. The zero-order valence-electron chi connectivity index (χ0n) is 19.9. The monoisotopic (exact) mass is 553 g/mol. The van der Waals surface area contributed by atoms with E-state index >= 15 is 0 Å². The van der Waals surface area contributed by atoms with E-state index in [1.54, 1.807) is 42.7 Å². The van der Waals surface area contributed by atoms with E-state index in [0.29, 0.717) is 33.5 Å². The van der Waals surface area contributed by atoms with Crippen LogP contribution in [0.5, 0.6) is 5.75 Å². The molecule has 0 aliphatic carbocycles. The van der Waals surface area contributed by atoms with Crippen LogP contribution in [0.4, 0.5) is 0 Å². The number of nitrogens with zero attached hydrogens (tertiary/aromatic N) is 5. The Morgan fingerprint density at radius 3 is 2.43 bits per heavy atom. The van der Waals surface area contributed by atoms with Gasteiger partial charge in [-0.2, -0.15) is 10.1 Å². The highest BCUT2D eigenvalue weighted by Crippen LogP contribution is 2.32. The third kappa shape index (κ3) is 3.79. The highest BCUT2D eigenvalue weighted by atomic mass is 79.9. The Bertz CT molecular complexity index is 1840. The number of allylic oxidation sites excluding steroid dienone is 1. The molecule has 0 saturated carbocycles. The van der Waals surface area contributed by atoms with Gasteiger partial charge in [-0.1, -0.05) is 40.2 Å². The van der Waals surface area contributed by atoms with Crippen molar-refractivity contribution in [1.82, 2.24) is 19.5 Å². The molecular weight excluding hydrogens is 534 g/mol. The Kier molecular flexibility index (Phi) is 5.38. The van der Waals surface area contributed by atoms with Crippen molar-refractivity contribution in [2.45, 2.75) is 20.4 Å². The van der Waals surface area contributed by atoms with Gasteiger partial charge < -0.3 is 9.67 Å². The van der Waals surface area contributed by atoms with Crippen LogP contribution in [0.2, 0.25) is 0 Å². The lowest BCUT2D eigenvalue weighted by molar-refractivity contribution is -0.141. The van der Waals surface area contributed by atoms with Crippen molar-refractivity contribution in [2.24, 2.45) is 5.10 Å². The van der Waals surface area contributed by atoms with Crippen LogP contribution in [0.1, 0.15) is 19.4 Å². The fourth-order valence-electron chi connectivity index (χ4n) is 4.73. The lowest BCUT2D eigenvalue weighted by Gasteiger charge is -2.13. The van der Waals surface area contributed by atoms with Crippen molar-refractivity contribution < 1.29 is 14.7 Å². The van der Waals surface area contributed by atoms with E-state index in [9.17, 15) is 14.7 Å². The zero-order chi connectivity index (χ0) is 25.8. The molecule has 2 amide bonds. The first-order chi connectivity index (χ1) is 17.8. The summed E-state index contributed by atoms with van der Waals surface area (Å²) in [5, 5.41) is 15.7. The second-order valence-electron chi connectivity index (χ2n) is 8.88. The lowest BCUT2D eigenvalue weighted by Crippen LogP contribution is -2.32. The molecule has 0 atom stereocenters. The Hall–Kier alpha value is -4.37. The van der Waals surface area contributed by atoms with Crippen LogP contribution >= 0.6 is 15.9 Å². The van der Waals surface area contributed by atoms with Gasteiger partial charge in [0, 0.05) is 9.86 Å². The molecule has 2 aromatic heterocycles. The minimum atomic E-state index is -0.479. The van der Waals surface area contributed by atoms with Crippen LogP contribution in [0, 0.1) is 0 Å². The number of para-hydroxylation sites is 2. The summed E-state index contributed by atoms with van der Waals surface area (Å²) in [5.74, 6) is -0.821. The molecule has 0 saturated heterocycles. The predicted octanol–water partition coefficient (Wildman–Crippen LogP) is 5.42. The molecule has 6 rings (SSSR count). The lowest BCUT2D eigenvalue weighted by atomic mass is 9.98. The van der Waals surface area contributed by atoms with Gasteiger partial charge in [0.15, 0.2) is 5.65 Å². The van der Waals surface area contributed by atoms with Gasteiger partial charge in [-0.3, -0.25) is 9.59 Å². The summed E-state index contributed by atoms with van der Waals surface area (Å²) in [7, 11) is 0. The van der Waals surface area contributed by atoms with Crippen LogP contribution in [0.15, 0.2) is 81.9 Å². The summed E-state index contributed by atoms with van der Waals surface area (Å²) in [6.07, 6.45) is 0. The number of fused-ring (bicyclic) bond motifs is 4. The van der Waals surface area contributed by atoms with Crippen molar-refractivity contribution in [3.63, 3.8) is 0 Å². The van der Waals surface area contributed by atoms with Gasteiger partial charge in [0.2, 0.25) is 0 Å². The highest BCUT2D eigenvalue weighted by Gasteiger charge is 2.34. The Labute approximate surface area is 219 Å². The summed E-state index contributed by atoms with van der Waals surface area (Å²) in [4.78, 5) is 36.5. The molecule has 1 N–H and O–H groups in total. The maximum atomic E-state index is 13.5. The molecule has 3 aromatic carbocycles. The van der Waals surface area contributed by atoms with E-state index in [1.807, 2.05) is 42.5 Å². The van der Waals surface area contributed by atoms with Crippen LogP contribution in [0.3, 0.4) is 0 Å². The molecule has 0 unspecified atom stereocenters. The van der Waals surface area contributed by atoms with E-state index in [-0.39, 0.29) is 12.3 Å². The Morgan fingerprint density at radius 2 is 1.70 bits per heavy atom. The molecule has 0 fully saturated rings. The van der Waals surface area contributed by atoms with Gasteiger partial charge in [0.05, 0.1) is 27.8 Å². The number of phenols is 1. The van der Waals surface area contributed by atoms with Crippen LogP contribution in [0.25, 0.3) is 38.7 Å². The van der Waals surface area contributed by atoms with E-state index in [2.05, 4.69) is 21.0 Å². The van der Waals surface area contributed by atoms with Crippen molar-refractivity contribution in [2.75, 3.05) is 0 Å². The quantitative estimate of drug-likeness (QED) is 0.300. The molecular formula is C28H20BrN5O3. The number of aromatic hydroxyl groups is 1. The van der Waals surface area contributed by atoms with Crippen molar-refractivity contribution >= 4 is 72.1 Å². The normalized spacial score (nSPS) is 15.2. The maximum Gasteiger partial charge on any atom is 0.283 e. The molecule has 5 aromatic rings. The van der Waals surface area contributed by atoms with Gasteiger partial charge in [0.25, 0.3) is 11.8 Å². The molecule has 3 heterocycles. The molecule has 0 bridgehead atoms. The first-order valence-corrected chi connectivity index (χ1v) is 12.4. The Morgan fingerprint density at radius 1 is 1.00 bits per heavy atom. The number of rotatable bonds is 3.